The van der Waals surface area contributed by atoms with Gasteiger partial charge in [-0.25, -0.2) is 4.98 Å². The molecule has 0 aromatic carbocycles. The standard InChI is InChI=1S/C14H15N7O/c1-8(2)22-13-11(7-21(3)20-13)18-14-16-6-9-4-10(5-15)17-12(9)19-14/h4,6-8H,1-3H3,(H2,16,17,18,19). The first-order valence-corrected chi connectivity index (χ1v) is 6.78. The van der Waals surface area contributed by atoms with Gasteiger partial charge in [-0.3, -0.25) is 4.68 Å². The number of aromatic nitrogens is 5. The molecule has 22 heavy (non-hydrogen) atoms. The molecule has 3 aromatic heterocycles. The van der Waals surface area contributed by atoms with Crippen molar-refractivity contribution in [2.24, 2.45) is 7.05 Å². The highest BCUT2D eigenvalue weighted by Gasteiger charge is 2.13. The maximum atomic E-state index is 8.89. The average Bonchev–Trinajstić information content (AvgIpc) is 3.01. The van der Waals surface area contributed by atoms with Gasteiger partial charge in [0.1, 0.15) is 23.1 Å². The van der Waals surface area contributed by atoms with Crippen LogP contribution >= 0.6 is 0 Å². The number of H-pyrrole nitrogens is 1. The fourth-order valence-electron chi connectivity index (χ4n) is 2.02. The van der Waals surface area contributed by atoms with E-state index in [0.717, 1.165) is 5.39 Å². The predicted octanol–water partition coefficient (Wildman–Crippen LogP) is 2.09. The monoisotopic (exact) mass is 297 g/mol. The third-order valence-electron chi connectivity index (χ3n) is 2.88. The Kier molecular flexibility index (Phi) is 3.39. The Balaban J connectivity index is 1.91. The van der Waals surface area contributed by atoms with Crippen molar-refractivity contribution in [3.05, 3.63) is 24.2 Å². The van der Waals surface area contributed by atoms with E-state index in [1.807, 2.05) is 27.0 Å². The Morgan fingerprint density at radius 3 is 3.00 bits per heavy atom. The van der Waals surface area contributed by atoms with Gasteiger partial charge in [0, 0.05) is 18.6 Å². The van der Waals surface area contributed by atoms with Crippen LogP contribution in [0, 0.1) is 11.3 Å². The number of hydrogen-bond acceptors (Lipinski definition) is 6. The van der Waals surface area contributed by atoms with E-state index in [0.29, 0.717) is 28.9 Å². The molecule has 3 heterocycles. The summed E-state index contributed by atoms with van der Waals surface area (Å²) in [4.78, 5) is 11.5. The SMILES string of the molecule is CC(C)Oc1nn(C)cc1Nc1ncc2cc(C#N)[nH]c2n1. The van der Waals surface area contributed by atoms with Crippen molar-refractivity contribution in [2.45, 2.75) is 20.0 Å². The van der Waals surface area contributed by atoms with Crippen LogP contribution in [0.3, 0.4) is 0 Å². The van der Waals surface area contributed by atoms with Gasteiger partial charge >= 0.3 is 0 Å². The molecule has 3 rings (SSSR count). The van der Waals surface area contributed by atoms with Crippen molar-refractivity contribution in [2.75, 3.05) is 5.32 Å². The van der Waals surface area contributed by atoms with Gasteiger partial charge in [-0.1, -0.05) is 0 Å². The van der Waals surface area contributed by atoms with Crippen molar-refractivity contribution >= 4 is 22.7 Å². The molecule has 0 saturated heterocycles. The summed E-state index contributed by atoms with van der Waals surface area (Å²) in [7, 11) is 1.81. The molecule has 8 nitrogen and oxygen atoms in total. The number of nitrogens with zero attached hydrogens (tertiary/aromatic N) is 5. The second kappa shape index (κ2) is 5.37. The average molecular weight is 297 g/mol. The number of anilines is 2. The maximum absolute atomic E-state index is 8.89. The lowest BCUT2D eigenvalue weighted by Gasteiger charge is -2.09. The molecule has 0 bridgehead atoms. The summed E-state index contributed by atoms with van der Waals surface area (Å²) < 4.78 is 7.30. The van der Waals surface area contributed by atoms with Crippen LogP contribution in [0.4, 0.5) is 11.6 Å². The molecule has 0 spiro atoms. The van der Waals surface area contributed by atoms with Gasteiger partial charge in [-0.15, -0.1) is 5.10 Å². The molecule has 0 saturated carbocycles. The zero-order chi connectivity index (χ0) is 15.7. The molecule has 2 N–H and O–H groups in total. The lowest BCUT2D eigenvalue weighted by atomic mass is 10.4. The normalized spacial score (nSPS) is 10.9. The number of nitrogens with one attached hydrogen (secondary N) is 2. The highest BCUT2D eigenvalue weighted by atomic mass is 16.5. The summed E-state index contributed by atoms with van der Waals surface area (Å²) >= 11 is 0. The molecule has 0 fully saturated rings. The third kappa shape index (κ3) is 2.69. The summed E-state index contributed by atoms with van der Waals surface area (Å²) in [5.74, 6) is 0.894. The topological polar surface area (TPSA) is 104 Å². The van der Waals surface area contributed by atoms with Gasteiger partial charge < -0.3 is 15.0 Å². The minimum Gasteiger partial charge on any atom is -0.472 e. The van der Waals surface area contributed by atoms with Crippen LogP contribution in [0.5, 0.6) is 5.88 Å². The van der Waals surface area contributed by atoms with Gasteiger partial charge in [-0.2, -0.15) is 10.2 Å². The highest BCUT2D eigenvalue weighted by Crippen LogP contribution is 2.26. The fourth-order valence-corrected chi connectivity index (χ4v) is 2.02. The molecular weight excluding hydrogens is 282 g/mol. The third-order valence-corrected chi connectivity index (χ3v) is 2.88. The number of ether oxygens (including phenoxy) is 1. The van der Waals surface area contributed by atoms with E-state index in [1.165, 1.54) is 0 Å². The molecule has 112 valence electrons. The first-order valence-electron chi connectivity index (χ1n) is 6.78. The largest absolute Gasteiger partial charge is 0.472 e. The van der Waals surface area contributed by atoms with E-state index in [4.69, 9.17) is 10.00 Å². The second-order valence-electron chi connectivity index (χ2n) is 5.11. The first-order chi connectivity index (χ1) is 10.5. The summed E-state index contributed by atoms with van der Waals surface area (Å²) in [6, 6.07) is 3.75. The molecule has 3 aromatic rings. The smallest absolute Gasteiger partial charge is 0.257 e. The minimum atomic E-state index is 0.0143. The van der Waals surface area contributed by atoms with E-state index >= 15 is 0 Å². The van der Waals surface area contributed by atoms with Crippen LogP contribution in [-0.4, -0.2) is 30.8 Å². The minimum absolute atomic E-state index is 0.0143. The summed E-state index contributed by atoms with van der Waals surface area (Å²) in [6.07, 6.45) is 3.46. The van der Waals surface area contributed by atoms with Gasteiger partial charge in [0.15, 0.2) is 0 Å². The van der Waals surface area contributed by atoms with Crippen molar-refractivity contribution < 1.29 is 4.74 Å². The van der Waals surface area contributed by atoms with Crippen LogP contribution in [0.2, 0.25) is 0 Å². The van der Waals surface area contributed by atoms with E-state index in [2.05, 4.69) is 25.4 Å². The van der Waals surface area contributed by atoms with Gasteiger partial charge in [0.2, 0.25) is 5.95 Å². The number of aryl methyl sites for hydroxylation is 1. The molecule has 0 amide bonds. The van der Waals surface area contributed by atoms with Gasteiger partial charge in [-0.05, 0) is 19.9 Å². The maximum Gasteiger partial charge on any atom is 0.257 e. The molecule has 0 radical (unpaired) electrons. The summed E-state index contributed by atoms with van der Waals surface area (Å²) in [6.45, 7) is 3.87. The van der Waals surface area contributed by atoms with E-state index < -0.39 is 0 Å². The molecular formula is C14H15N7O. The molecule has 0 aliphatic carbocycles. The Morgan fingerprint density at radius 2 is 2.27 bits per heavy atom. The lowest BCUT2D eigenvalue weighted by molar-refractivity contribution is 0.232. The van der Waals surface area contributed by atoms with Crippen LogP contribution in [0.1, 0.15) is 19.5 Å². The number of fused-ring (bicyclic) bond motifs is 1. The zero-order valence-corrected chi connectivity index (χ0v) is 12.5. The van der Waals surface area contributed by atoms with Crippen LogP contribution in [0.15, 0.2) is 18.5 Å². The number of aromatic amines is 1. The van der Waals surface area contributed by atoms with Gasteiger partial charge in [0.25, 0.3) is 5.88 Å². The van der Waals surface area contributed by atoms with Crippen LogP contribution < -0.4 is 10.1 Å². The first kappa shape index (κ1) is 13.9. The van der Waals surface area contributed by atoms with Crippen LogP contribution in [0.25, 0.3) is 11.0 Å². The summed E-state index contributed by atoms with van der Waals surface area (Å²) in [5.41, 5.74) is 1.73. The van der Waals surface area contributed by atoms with E-state index in [-0.39, 0.29) is 6.10 Å². The molecule has 8 heteroatoms. The predicted molar refractivity (Wildman–Crippen MR) is 80.9 cm³/mol. The molecule has 0 aliphatic rings. The Hall–Kier alpha value is -3.08. The Morgan fingerprint density at radius 1 is 1.45 bits per heavy atom. The molecule has 0 unspecified atom stereocenters. The summed E-state index contributed by atoms with van der Waals surface area (Å²) in [5, 5.41) is 17.0. The lowest BCUT2D eigenvalue weighted by Crippen LogP contribution is -2.08. The van der Waals surface area contributed by atoms with Crippen molar-refractivity contribution in [3.8, 4) is 11.9 Å². The van der Waals surface area contributed by atoms with Crippen molar-refractivity contribution in [1.29, 1.82) is 5.26 Å². The zero-order valence-electron chi connectivity index (χ0n) is 12.5. The van der Waals surface area contributed by atoms with Gasteiger partial charge in [0.05, 0.1) is 12.3 Å². The quantitative estimate of drug-likeness (QED) is 0.764. The number of rotatable bonds is 4. The van der Waals surface area contributed by atoms with Crippen molar-refractivity contribution in [1.82, 2.24) is 24.7 Å². The fraction of sp³-hybridized carbons (Fsp3) is 0.286. The Labute approximate surface area is 126 Å². The molecule has 0 aliphatic heterocycles. The van der Waals surface area contributed by atoms with Crippen molar-refractivity contribution in [3.63, 3.8) is 0 Å². The molecule has 0 atom stereocenters. The Bertz CT molecular complexity index is 856. The second-order valence-corrected chi connectivity index (χ2v) is 5.11. The number of hydrogen-bond donors (Lipinski definition) is 2. The van der Waals surface area contributed by atoms with Crippen LogP contribution in [-0.2, 0) is 7.05 Å². The van der Waals surface area contributed by atoms with E-state index in [1.54, 1.807) is 23.1 Å². The highest BCUT2D eigenvalue weighted by molar-refractivity contribution is 5.78. The van der Waals surface area contributed by atoms with E-state index in [9.17, 15) is 0 Å². The number of nitriles is 1.